The number of nitrogens with one attached hydrogen (secondary N) is 1. The number of hydrogen-bond donors (Lipinski definition) is 1. The first kappa shape index (κ1) is 20.2. The van der Waals surface area contributed by atoms with Crippen molar-refractivity contribution in [1.29, 1.82) is 0 Å². The number of hydrogen-bond acceptors (Lipinski definition) is 2. The van der Waals surface area contributed by atoms with Crippen LogP contribution in [0.2, 0.25) is 0 Å². The summed E-state index contributed by atoms with van der Waals surface area (Å²) in [4.78, 5) is 15.4. The largest absolute Gasteiger partial charge is 0.345 e. The van der Waals surface area contributed by atoms with E-state index in [0.717, 1.165) is 55.6 Å². The lowest BCUT2D eigenvalue weighted by Crippen LogP contribution is -2.58. The third kappa shape index (κ3) is 3.72. The number of rotatable bonds is 6. The highest BCUT2D eigenvalue weighted by molar-refractivity contribution is 9.10. The number of aromatic amines is 1. The minimum atomic E-state index is -0.257. The Bertz CT molecular complexity index is 943. The van der Waals surface area contributed by atoms with Crippen LogP contribution in [0.4, 0.5) is 4.39 Å². The molecule has 1 amide bonds. The molecule has 0 radical (unpaired) electrons. The molecular weight excluding hydrogens is 445 g/mol. The van der Waals surface area contributed by atoms with Gasteiger partial charge in [0, 0.05) is 29.2 Å². The number of carbonyl (C=O) groups excluding carboxylic acids is 1. The van der Waals surface area contributed by atoms with Crippen molar-refractivity contribution in [3.8, 4) is 11.3 Å². The molecule has 160 valence electrons. The molecule has 4 fully saturated rings. The molecule has 4 nitrogen and oxygen atoms in total. The summed E-state index contributed by atoms with van der Waals surface area (Å²) < 4.78 is 13.6. The van der Waals surface area contributed by atoms with Crippen LogP contribution in [-0.4, -0.2) is 38.9 Å². The van der Waals surface area contributed by atoms with Crippen molar-refractivity contribution in [2.24, 2.45) is 17.3 Å². The van der Waals surface area contributed by atoms with Crippen LogP contribution < -0.4 is 0 Å². The Hall–Kier alpha value is -1.69. The summed E-state index contributed by atoms with van der Waals surface area (Å²) in [5.41, 5.74) is 2.41. The molecule has 0 spiro atoms. The van der Waals surface area contributed by atoms with Crippen LogP contribution in [0, 0.1) is 23.1 Å². The van der Waals surface area contributed by atoms with Crippen molar-refractivity contribution in [2.45, 2.75) is 55.7 Å². The van der Waals surface area contributed by atoms with E-state index in [9.17, 15) is 9.18 Å². The molecule has 4 bridgehead atoms. The van der Waals surface area contributed by atoms with Crippen LogP contribution >= 0.6 is 15.9 Å². The normalized spacial score (nSPS) is 31.8. The van der Waals surface area contributed by atoms with Crippen molar-refractivity contribution < 1.29 is 9.18 Å². The number of benzene rings is 1. The zero-order chi connectivity index (χ0) is 20.9. The summed E-state index contributed by atoms with van der Waals surface area (Å²) >= 11 is 4.01. The fourth-order valence-electron chi connectivity index (χ4n) is 6.70. The molecule has 30 heavy (non-hydrogen) atoms. The van der Waals surface area contributed by atoms with Gasteiger partial charge in [-0.15, -0.1) is 0 Å². The van der Waals surface area contributed by atoms with Gasteiger partial charge < -0.3 is 4.90 Å². The average Bonchev–Trinajstić information content (AvgIpc) is 3.14. The van der Waals surface area contributed by atoms with E-state index in [0.29, 0.717) is 17.7 Å². The molecule has 6 heteroatoms. The highest BCUT2D eigenvalue weighted by Gasteiger charge is 2.60. The second-order valence-electron chi connectivity index (χ2n) is 10.0. The Morgan fingerprint density at radius 1 is 1.27 bits per heavy atom. The predicted molar refractivity (Wildman–Crippen MR) is 119 cm³/mol. The summed E-state index contributed by atoms with van der Waals surface area (Å²) in [6, 6.07) is 8.46. The third-order valence-corrected chi connectivity index (χ3v) is 8.41. The number of aryl methyl sites for hydroxylation is 1. The maximum absolute atomic E-state index is 13.5. The highest BCUT2D eigenvalue weighted by Crippen LogP contribution is 2.64. The SMILES string of the molecule is CN(CCCc1cc(-c2cccc(F)c2)n[nH]1)C(=O)C12CC3CC(CC(Br)(C3)C1)C2. The number of alkyl halides is 1. The zero-order valence-electron chi connectivity index (χ0n) is 17.5. The minimum Gasteiger partial charge on any atom is -0.345 e. The number of aromatic nitrogens is 2. The first-order valence-electron chi connectivity index (χ1n) is 11.1. The Labute approximate surface area is 185 Å². The Balaban J connectivity index is 1.18. The predicted octanol–water partition coefficient (Wildman–Crippen LogP) is 5.34. The summed E-state index contributed by atoms with van der Waals surface area (Å²) in [5.74, 6) is 1.53. The van der Waals surface area contributed by atoms with Gasteiger partial charge in [-0.2, -0.15) is 5.10 Å². The fourth-order valence-corrected chi connectivity index (χ4v) is 8.15. The molecule has 2 atom stereocenters. The zero-order valence-corrected chi connectivity index (χ0v) is 19.1. The number of amides is 1. The van der Waals surface area contributed by atoms with Gasteiger partial charge in [0.15, 0.2) is 0 Å². The van der Waals surface area contributed by atoms with Crippen molar-refractivity contribution in [1.82, 2.24) is 15.1 Å². The maximum atomic E-state index is 13.5. The van der Waals surface area contributed by atoms with Gasteiger partial charge in [0.1, 0.15) is 5.82 Å². The van der Waals surface area contributed by atoms with Crippen LogP contribution in [0.25, 0.3) is 11.3 Å². The summed E-state index contributed by atoms with van der Waals surface area (Å²) in [6.45, 7) is 0.750. The molecule has 1 N–H and O–H groups in total. The first-order valence-corrected chi connectivity index (χ1v) is 11.9. The van der Waals surface area contributed by atoms with Gasteiger partial charge in [-0.1, -0.05) is 28.1 Å². The Morgan fingerprint density at radius 2 is 2.03 bits per heavy atom. The number of nitrogens with zero attached hydrogens (tertiary/aromatic N) is 2. The van der Waals surface area contributed by atoms with Crippen molar-refractivity contribution >= 4 is 21.8 Å². The van der Waals surface area contributed by atoms with E-state index in [2.05, 4.69) is 26.1 Å². The van der Waals surface area contributed by atoms with Crippen molar-refractivity contribution in [2.75, 3.05) is 13.6 Å². The second kappa shape index (κ2) is 7.47. The molecule has 1 aromatic heterocycles. The van der Waals surface area contributed by atoms with Crippen molar-refractivity contribution in [3.05, 3.63) is 41.8 Å². The van der Waals surface area contributed by atoms with Gasteiger partial charge in [-0.05, 0) is 81.4 Å². The maximum Gasteiger partial charge on any atom is 0.228 e. The molecule has 2 aromatic rings. The van der Waals surface area contributed by atoms with E-state index in [1.54, 1.807) is 6.07 Å². The fraction of sp³-hybridized carbons (Fsp3) is 0.583. The average molecular weight is 474 g/mol. The van der Waals surface area contributed by atoms with Gasteiger partial charge in [-0.3, -0.25) is 9.89 Å². The lowest BCUT2D eigenvalue weighted by Gasteiger charge is -2.60. The summed E-state index contributed by atoms with van der Waals surface area (Å²) in [7, 11) is 1.97. The summed E-state index contributed by atoms with van der Waals surface area (Å²) in [6.07, 6.45) is 8.68. The standard InChI is InChI=1S/C24H29BrFN3O/c1-29(22(30)23-11-16-8-17(12-23)14-24(25,13-16)15-23)7-3-6-20-10-21(28-27-20)18-4-2-5-19(26)9-18/h2,4-5,9-10,16-17H,3,6-8,11-15H2,1H3,(H,27,28). The molecule has 1 heterocycles. The topological polar surface area (TPSA) is 49.0 Å². The van der Waals surface area contributed by atoms with E-state index < -0.39 is 0 Å². The third-order valence-electron chi connectivity index (χ3n) is 7.48. The minimum absolute atomic E-state index is 0.138. The van der Waals surface area contributed by atoms with Gasteiger partial charge in [0.25, 0.3) is 0 Å². The molecule has 4 aliphatic carbocycles. The first-order chi connectivity index (χ1) is 14.3. The molecule has 2 unspecified atom stereocenters. The van der Waals surface area contributed by atoms with Crippen LogP contribution in [-0.2, 0) is 11.2 Å². The molecule has 1 aromatic carbocycles. The van der Waals surface area contributed by atoms with Crippen LogP contribution in [0.5, 0.6) is 0 Å². The van der Waals surface area contributed by atoms with E-state index in [1.165, 1.54) is 31.4 Å². The highest BCUT2D eigenvalue weighted by atomic mass is 79.9. The van der Waals surface area contributed by atoms with Crippen LogP contribution in [0.1, 0.15) is 50.6 Å². The summed E-state index contributed by atoms with van der Waals surface area (Å²) in [5, 5.41) is 7.38. The lowest BCUT2D eigenvalue weighted by atomic mass is 9.49. The van der Waals surface area contributed by atoms with Crippen LogP contribution in [0.3, 0.4) is 0 Å². The van der Waals surface area contributed by atoms with E-state index in [-0.39, 0.29) is 15.6 Å². The molecule has 0 saturated heterocycles. The Morgan fingerprint density at radius 3 is 2.73 bits per heavy atom. The van der Waals surface area contributed by atoms with Gasteiger partial charge in [-0.25, -0.2) is 4.39 Å². The number of halogens is 2. The molecule has 4 saturated carbocycles. The molecule has 6 rings (SSSR count). The van der Waals surface area contributed by atoms with Gasteiger partial charge in [0.2, 0.25) is 5.91 Å². The smallest absolute Gasteiger partial charge is 0.228 e. The lowest BCUT2D eigenvalue weighted by molar-refractivity contribution is -0.154. The van der Waals surface area contributed by atoms with E-state index >= 15 is 0 Å². The number of carbonyl (C=O) groups is 1. The number of H-pyrrole nitrogens is 1. The quantitative estimate of drug-likeness (QED) is 0.575. The van der Waals surface area contributed by atoms with Crippen LogP contribution in [0.15, 0.2) is 30.3 Å². The van der Waals surface area contributed by atoms with Gasteiger partial charge >= 0.3 is 0 Å². The second-order valence-corrected chi connectivity index (χ2v) is 11.7. The van der Waals surface area contributed by atoms with Crippen molar-refractivity contribution in [3.63, 3.8) is 0 Å². The van der Waals surface area contributed by atoms with E-state index in [1.807, 2.05) is 24.1 Å². The van der Waals surface area contributed by atoms with Gasteiger partial charge in [0.05, 0.1) is 11.1 Å². The molecule has 0 aliphatic heterocycles. The monoisotopic (exact) mass is 473 g/mol. The Kier molecular flexibility index (Phi) is 5.04. The van der Waals surface area contributed by atoms with E-state index in [4.69, 9.17) is 0 Å². The molecular formula is C24H29BrFN3O. The molecule has 4 aliphatic rings.